The third-order valence-electron chi connectivity index (χ3n) is 5.72. The van der Waals surface area contributed by atoms with Gasteiger partial charge in [0.15, 0.2) is 5.65 Å². The van der Waals surface area contributed by atoms with Crippen LogP contribution in [0.3, 0.4) is 0 Å². The van der Waals surface area contributed by atoms with E-state index < -0.39 is 0 Å². The molecule has 0 saturated heterocycles. The van der Waals surface area contributed by atoms with Crippen LogP contribution in [0.4, 0.5) is 5.69 Å². The van der Waals surface area contributed by atoms with E-state index in [1.165, 1.54) is 12.8 Å². The number of aryl methyl sites for hydroxylation is 1. The molecule has 162 valence electrons. The summed E-state index contributed by atoms with van der Waals surface area (Å²) >= 11 is 0. The number of hydrogen-bond acceptors (Lipinski definition) is 5. The van der Waals surface area contributed by atoms with Gasteiger partial charge in [-0.1, -0.05) is 12.8 Å². The first-order valence-corrected chi connectivity index (χ1v) is 10.6. The second kappa shape index (κ2) is 9.26. The van der Waals surface area contributed by atoms with Crippen molar-refractivity contribution in [1.29, 1.82) is 0 Å². The van der Waals surface area contributed by atoms with Gasteiger partial charge in [-0.2, -0.15) is 0 Å². The minimum atomic E-state index is -0.259. The molecule has 1 aliphatic carbocycles. The van der Waals surface area contributed by atoms with Crippen molar-refractivity contribution >= 4 is 28.7 Å². The fourth-order valence-electron chi connectivity index (χ4n) is 4.00. The molecular formula is C23H27N5O3. The summed E-state index contributed by atoms with van der Waals surface area (Å²) in [6.07, 6.45) is 8.19. The number of fused-ring (bicyclic) bond motifs is 1. The first kappa shape index (κ1) is 21.0. The van der Waals surface area contributed by atoms with Crippen LogP contribution in [0.15, 0.2) is 36.8 Å². The third-order valence-corrected chi connectivity index (χ3v) is 5.72. The van der Waals surface area contributed by atoms with E-state index in [1.807, 2.05) is 13.3 Å². The normalized spacial score (nSPS) is 14.1. The van der Waals surface area contributed by atoms with Crippen molar-refractivity contribution in [1.82, 2.24) is 19.9 Å². The number of pyridine rings is 1. The summed E-state index contributed by atoms with van der Waals surface area (Å²) in [5.41, 5.74) is 3.97. The number of hydrogen-bond donors (Lipinski definition) is 2. The highest BCUT2D eigenvalue weighted by molar-refractivity contribution is 6.06. The lowest BCUT2D eigenvalue weighted by atomic mass is 10.1. The number of anilines is 1. The highest BCUT2D eigenvalue weighted by Gasteiger charge is 2.20. The van der Waals surface area contributed by atoms with E-state index in [4.69, 9.17) is 4.74 Å². The topological polar surface area (TPSA) is 98.1 Å². The molecule has 1 aliphatic rings. The number of carbonyl (C=O) groups excluding carboxylic acids is 2. The molecule has 0 atom stereocenters. The zero-order valence-electron chi connectivity index (χ0n) is 17.9. The molecule has 1 aromatic carbocycles. The molecule has 1 saturated carbocycles. The van der Waals surface area contributed by atoms with Crippen LogP contribution >= 0.6 is 0 Å². The summed E-state index contributed by atoms with van der Waals surface area (Å²) in [4.78, 5) is 33.9. The Kier molecular flexibility index (Phi) is 6.27. The molecule has 0 bridgehead atoms. The van der Waals surface area contributed by atoms with Gasteiger partial charge in [0.2, 0.25) is 0 Å². The van der Waals surface area contributed by atoms with Crippen LogP contribution in [0.2, 0.25) is 0 Å². The van der Waals surface area contributed by atoms with E-state index in [9.17, 15) is 9.59 Å². The summed E-state index contributed by atoms with van der Waals surface area (Å²) < 4.78 is 7.07. The van der Waals surface area contributed by atoms with Crippen LogP contribution in [-0.2, 0) is 4.74 Å². The van der Waals surface area contributed by atoms with Crippen molar-refractivity contribution in [3.05, 3.63) is 53.5 Å². The van der Waals surface area contributed by atoms with Crippen molar-refractivity contribution < 1.29 is 14.3 Å². The minimum absolute atomic E-state index is 0.175. The van der Waals surface area contributed by atoms with Crippen LogP contribution in [0.25, 0.3) is 11.2 Å². The van der Waals surface area contributed by atoms with Crippen molar-refractivity contribution in [2.75, 3.05) is 25.6 Å². The van der Waals surface area contributed by atoms with Crippen molar-refractivity contribution in [2.45, 2.75) is 38.6 Å². The van der Waals surface area contributed by atoms with E-state index in [1.54, 1.807) is 37.6 Å². The predicted octanol–water partition coefficient (Wildman–Crippen LogP) is 3.48. The van der Waals surface area contributed by atoms with Gasteiger partial charge < -0.3 is 19.9 Å². The number of nitrogens with zero attached hydrogens (tertiary/aromatic N) is 3. The highest BCUT2D eigenvalue weighted by Crippen LogP contribution is 2.31. The van der Waals surface area contributed by atoms with Gasteiger partial charge in [-0.05, 0) is 49.6 Å². The van der Waals surface area contributed by atoms with Crippen molar-refractivity contribution in [2.24, 2.45) is 0 Å². The average Bonchev–Trinajstić information content (AvgIpc) is 3.44. The Morgan fingerprint density at radius 2 is 1.94 bits per heavy atom. The molecular weight excluding hydrogens is 394 g/mol. The van der Waals surface area contributed by atoms with E-state index in [0.717, 1.165) is 29.6 Å². The summed E-state index contributed by atoms with van der Waals surface area (Å²) in [6, 6.07) is 7.40. The monoisotopic (exact) mass is 421 g/mol. The molecule has 0 spiro atoms. The Labute approximate surface area is 181 Å². The first-order chi connectivity index (χ1) is 15.1. The Morgan fingerprint density at radius 1 is 1.13 bits per heavy atom. The number of amides is 2. The third kappa shape index (κ3) is 4.59. The van der Waals surface area contributed by atoms with E-state index in [2.05, 4.69) is 25.2 Å². The molecule has 4 rings (SSSR count). The van der Waals surface area contributed by atoms with Gasteiger partial charge in [0.1, 0.15) is 5.52 Å². The highest BCUT2D eigenvalue weighted by atomic mass is 16.5. The van der Waals surface area contributed by atoms with Gasteiger partial charge >= 0.3 is 0 Å². The first-order valence-electron chi connectivity index (χ1n) is 10.6. The molecule has 2 amide bonds. The lowest BCUT2D eigenvalue weighted by Gasteiger charge is -2.12. The number of nitrogens with one attached hydrogen (secondary N) is 2. The maximum atomic E-state index is 12.8. The summed E-state index contributed by atoms with van der Waals surface area (Å²) in [6.45, 7) is 2.75. The molecule has 0 unspecified atom stereocenters. The maximum absolute atomic E-state index is 12.8. The Balaban J connectivity index is 1.46. The number of carbonyl (C=O) groups is 2. The van der Waals surface area contributed by atoms with Crippen molar-refractivity contribution in [3.63, 3.8) is 0 Å². The smallest absolute Gasteiger partial charge is 0.257 e. The van der Waals surface area contributed by atoms with Crippen LogP contribution in [-0.4, -0.2) is 46.6 Å². The molecule has 0 aliphatic heterocycles. The second-order valence-electron chi connectivity index (χ2n) is 7.89. The number of rotatable bonds is 7. The van der Waals surface area contributed by atoms with Crippen LogP contribution in [0.1, 0.15) is 58.0 Å². The summed E-state index contributed by atoms with van der Waals surface area (Å²) in [5.74, 6) is -0.435. The van der Waals surface area contributed by atoms with Crippen LogP contribution in [0, 0.1) is 6.92 Å². The van der Waals surface area contributed by atoms with Crippen LogP contribution < -0.4 is 10.6 Å². The molecule has 1 fully saturated rings. The molecule has 2 N–H and O–H groups in total. The molecule has 8 nitrogen and oxygen atoms in total. The lowest BCUT2D eigenvalue weighted by Crippen LogP contribution is -2.27. The van der Waals surface area contributed by atoms with E-state index in [-0.39, 0.29) is 11.8 Å². The maximum Gasteiger partial charge on any atom is 0.257 e. The van der Waals surface area contributed by atoms with Crippen LogP contribution in [0.5, 0.6) is 0 Å². The fourth-order valence-corrected chi connectivity index (χ4v) is 4.00. The number of methoxy groups -OCH3 is 1. The number of ether oxygens (including phenoxy) is 1. The summed E-state index contributed by atoms with van der Waals surface area (Å²) in [5, 5.41) is 5.69. The number of benzene rings is 1. The summed E-state index contributed by atoms with van der Waals surface area (Å²) in [7, 11) is 1.59. The van der Waals surface area contributed by atoms with E-state index >= 15 is 0 Å². The van der Waals surface area contributed by atoms with Crippen molar-refractivity contribution in [3.8, 4) is 0 Å². The number of imidazole rings is 1. The number of aromatic nitrogens is 3. The van der Waals surface area contributed by atoms with Gasteiger partial charge in [-0.3, -0.25) is 9.59 Å². The van der Waals surface area contributed by atoms with Gasteiger partial charge in [0.25, 0.3) is 11.8 Å². The zero-order valence-corrected chi connectivity index (χ0v) is 17.9. The average molecular weight is 422 g/mol. The lowest BCUT2D eigenvalue weighted by molar-refractivity contribution is 0.0936. The molecule has 2 aromatic heterocycles. The Bertz CT molecular complexity index is 1100. The second-order valence-corrected chi connectivity index (χ2v) is 7.89. The Hall–Kier alpha value is -3.26. The molecule has 8 heteroatoms. The fraction of sp³-hybridized carbons (Fsp3) is 0.391. The SMILES string of the molecule is COCCNC(=O)c1ccc(NC(=O)c2cnc3c(c2)ncn3C2CCCC2)c(C)c1. The predicted molar refractivity (Wildman–Crippen MR) is 118 cm³/mol. The van der Waals surface area contributed by atoms with Gasteiger partial charge in [0, 0.05) is 37.1 Å². The molecule has 3 aromatic rings. The minimum Gasteiger partial charge on any atom is -0.383 e. The van der Waals surface area contributed by atoms with Gasteiger partial charge in [-0.25, -0.2) is 9.97 Å². The van der Waals surface area contributed by atoms with Gasteiger partial charge in [0.05, 0.1) is 18.5 Å². The standard InChI is InChI=1S/C23H27N5O3/c1-15-11-16(22(29)24-9-10-31-2)7-8-19(15)27-23(30)17-12-20-21(25-13-17)28(14-26-20)18-5-3-4-6-18/h7-8,11-14,18H,3-6,9-10H2,1-2H3,(H,24,29)(H,27,30). The molecule has 2 heterocycles. The molecule has 0 radical (unpaired) electrons. The Morgan fingerprint density at radius 3 is 2.68 bits per heavy atom. The van der Waals surface area contributed by atoms with Gasteiger partial charge in [-0.15, -0.1) is 0 Å². The quantitative estimate of drug-likeness (QED) is 0.569. The molecule has 31 heavy (non-hydrogen) atoms. The zero-order chi connectivity index (χ0) is 21.8. The van der Waals surface area contributed by atoms with E-state index in [0.29, 0.717) is 36.0 Å². The largest absolute Gasteiger partial charge is 0.383 e.